The lowest BCUT2D eigenvalue weighted by Crippen LogP contribution is -2.54. The quantitative estimate of drug-likeness (QED) is 0.885. The van der Waals surface area contributed by atoms with Gasteiger partial charge in [0.2, 0.25) is 0 Å². The average Bonchev–Trinajstić information content (AvgIpc) is 3.10. The average molecular weight is 348 g/mol. The normalized spacial score (nSPS) is 29.2. The number of rotatable bonds is 5. The van der Waals surface area contributed by atoms with Crippen LogP contribution in [0.25, 0.3) is 0 Å². The summed E-state index contributed by atoms with van der Waals surface area (Å²) >= 11 is 0. The molecule has 1 aromatic rings. The summed E-state index contributed by atoms with van der Waals surface area (Å²) in [6.45, 7) is 9.82. The Hall–Kier alpha value is -1.63. The van der Waals surface area contributed by atoms with Gasteiger partial charge in [-0.05, 0) is 24.0 Å². The summed E-state index contributed by atoms with van der Waals surface area (Å²) in [5.41, 5.74) is 0.310. The van der Waals surface area contributed by atoms with Gasteiger partial charge in [0, 0.05) is 5.69 Å². The van der Waals surface area contributed by atoms with E-state index in [0.717, 1.165) is 0 Å². The summed E-state index contributed by atoms with van der Waals surface area (Å²) in [7, 11) is 0. The van der Waals surface area contributed by atoms with Gasteiger partial charge < -0.3 is 14.2 Å². The van der Waals surface area contributed by atoms with Crippen LogP contribution in [0.15, 0.2) is 30.3 Å². The second-order valence-electron chi connectivity index (χ2n) is 7.59. The van der Waals surface area contributed by atoms with Crippen LogP contribution >= 0.6 is 0 Å². The number of hydrogen-bond donors (Lipinski definition) is 1. The molecular weight excluding hydrogens is 320 g/mol. The van der Waals surface area contributed by atoms with Gasteiger partial charge in [0.25, 0.3) is 0 Å². The molecule has 1 N–H and O–H groups in total. The van der Waals surface area contributed by atoms with E-state index in [1.807, 2.05) is 30.3 Å². The molecule has 3 atom stereocenters. The molecule has 1 amide bonds. The Kier molecular flexibility index (Phi) is 5.32. The Morgan fingerprint density at radius 3 is 2.24 bits per heavy atom. The number of carbonyl (C=O) groups is 1. The molecule has 6 nitrogen and oxygen atoms in total. The fourth-order valence-corrected chi connectivity index (χ4v) is 3.58. The Morgan fingerprint density at radius 2 is 1.72 bits per heavy atom. The molecule has 0 radical (unpaired) electrons. The molecule has 2 heterocycles. The number of nitrogens with zero attached hydrogens (tertiary/aromatic N) is 1. The monoisotopic (exact) mass is 348 g/mol. The first kappa shape index (κ1) is 18.2. The molecule has 138 valence electrons. The molecule has 25 heavy (non-hydrogen) atoms. The molecule has 2 saturated heterocycles. The molecule has 2 aliphatic heterocycles. The summed E-state index contributed by atoms with van der Waals surface area (Å²) in [5.74, 6) is 0.672. The van der Waals surface area contributed by atoms with E-state index >= 15 is 0 Å². The van der Waals surface area contributed by atoms with Crippen LogP contribution in [0, 0.1) is 11.8 Å². The minimum Gasteiger partial charge on any atom is -0.447 e. The van der Waals surface area contributed by atoms with Crippen LogP contribution < -0.4 is 5.32 Å². The summed E-state index contributed by atoms with van der Waals surface area (Å²) in [6, 6.07) is 9.29. The zero-order chi connectivity index (χ0) is 18.0. The zero-order valence-corrected chi connectivity index (χ0v) is 15.4. The molecule has 3 rings (SSSR count). The van der Waals surface area contributed by atoms with E-state index in [1.54, 1.807) is 0 Å². The van der Waals surface area contributed by atoms with E-state index in [-0.39, 0.29) is 19.1 Å². The highest BCUT2D eigenvalue weighted by Crippen LogP contribution is 2.41. The van der Waals surface area contributed by atoms with E-state index in [1.165, 1.54) is 0 Å². The number of nitrogens with one attached hydrogen (secondary N) is 1. The number of carbonyl (C=O) groups excluding carboxylic acids is 1. The molecule has 0 bridgehead atoms. The summed E-state index contributed by atoms with van der Waals surface area (Å²) in [6.07, 6.45) is -0.493. The van der Waals surface area contributed by atoms with Crippen molar-refractivity contribution >= 4 is 11.8 Å². The lowest BCUT2D eigenvalue weighted by atomic mass is 10.00. The summed E-state index contributed by atoms with van der Waals surface area (Å²) in [4.78, 5) is 14.4. The van der Waals surface area contributed by atoms with E-state index in [9.17, 15) is 4.79 Å². The summed E-state index contributed by atoms with van der Waals surface area (Å²) < 4.78 is 17.6. The highest BCUT2D eigenvalue weighted by molar-refractivity contribution is 5.84. The topological polar surface area (TPSA) is 60.0 Å². The Bertz CT molecular complexity index is 570. The van der Waals surface area contributed by atoms with E-state index in [2.05, 4.69) is 37.9 Å². The highest BCUT2D eigenvalue weighted by Gasteiger charge is 2.57. The summed E-state index contributed by atoms with van der Waals surface area (Å²) in [5, 5.41) is 2.75. The van der Waals surface area contributed by atoms with Gasteiger partial charge in [-0.3, -0.25) is 5.32 Å². The number of ether oxygens (including phenoxy) is 3. The number of benzene rings is 1. The fraction of sp³-hybridized carbons (Fsp3) is 0.632. The van der Waals surface area contributed by atoms with Crippen LogP contribution in [-0.4, -0.2) is 48.8 Å². The van der Waals surface area contributed by atoms with E-state index < -0.39 is 11.6 Å². The Morgan fingerprint density at radius 1 is 1.16 bits per heavy atom. The minimum absolute atomic E-state index is 0.0179. The smallest absolute Gasteiger partial charge is 0.411 e. The minimum atomic E-state index is -0.457. The molecule has 2 aliphatic rings. The SMILES string of the molecule is CC(C)[C@H]1OCC2(COC(=O)Nc3ccccc3)CO[C@@H](C(C)C)N12. The maximum absolute atomic E-state index is 12.2. The molecular formula is C19H28N2O4. The second kappa shape index (κ2) is 7.32. The molecule has 0 aromatic heterocycles. The van der Waals surface area contributed by atoms with Crippen LogP contribution in [0.2, 0.25) is 0 Å². The molecule has 0 spiro atoms. The first-order valence-electron chi connectivity index (χ1n) is 8.93. The van der Waals surface area contributed by atoms with Gasteiger partial charge in [-0.25, -0.2) is 9.69 Å². The fourth-order valence-electron chi connectivity index (χ4n) is 3.58. The number of amides is 1. The maximum atomic E-state index is 12.2. The van der Waals surface area contributed by atoms with Gasteiger partial charge in [-0.1, -0.05) is 45.9 Å². The number of para-hydroxylation sites is 1. The third-order valence-corrected chi connectivity index (χ3v) is 4.77. The molecule has 1 unspecified atom stereocenters. The van der Waals surface area contributed by atoms with Crippen molar-refractivity contribution in [3.63, 3.8) is 0 Å². The van der Waals surface area contributed by atoms with Crippen LogP contribution in [0.5, 0.6) is 0 Å². The van der Waals surface area contributed by atoms with E-state index in [0.29, 0.717) is 30.7 Å². The van der Waals surface area contributed by atoms with Gasteiger partial charge in [0.05, 0.1) is 13.2 Å². The second-order valence-corrected chi connectivity index (χ2v) is 7.59. The van der Waals surface area contributed by atoms with Crippen LogP contribution in [0.3, 0.4) is 0 Å². The molecule has 2 fully saturated rings. The first-order chi connectivity index (χ1) is 11.9. The lowest BCUT2D eigenvalue weighted by molar-refractivity contribution is -0.0959. The predicted octanol–water partition coefficient (Wildman–Crippen LogP) is 3.30. The van der Waals surface area contributed by atoms with Crippen molar-refractivity contribution < 1.29 is 19.0 Å². The van der Waals surface area contributed by atoms with Crippen LogP contribution in [0.1, 0.15) is 27.7 Å². The van der Waals surface area contributed by atoms with Crippen molar-refractivity contribution in [3.05, 3.63) is 30.3 Å². The largest absolute Gasteiger partial charge is 0.447 e. The lowest BCUT2D eigenvalue weighted by Gasteiger charge is -2.36. The molecule has 1 aromatic carbocycles. The zero-order valence-electron chi connectivity index (χ0n) is 15.4. The standard InChI is InChI=1S/C19H28N2O4/c1-13(2)16-21-17(14(3)4)24-11-19(21,10-23-16)12-25-18(22)20-15-8-6-5-7-9-15/h5-9,13-14,16-17H,10-12H2,1-4H3,(H,20,22)/t16-,17+,19?. The third-order valence-electron chi connectivity index (χ3n) is 4.77. The van der Waals surface area contributed by atoms with Gasteiger partial charge >= 0.3 is 6.09 Å². The Labute approximate surface area is 149 Å². The molecule has 0 aliphatic carbocycles. The van der Waals surface area contributed by atoms with Gasteiger partial charge in [0.1, 0.15) is 24.6 Å². The van der Waals surface area contributed by atoms with Crippen molar-refractivity contribution in [1.82, 2.24) is 4.90 Å². The molecule has 6 heteroatoms. The van der Waals surface area contributed by atoms with E-state index in [4.69, 9.17) is 14.2 Å². The van der Waals surface area contributed by atoms with Crippen LogP contribution in [0.4, 0.5) is 10.5 Å². The van der Waals surface area contributed by atoms with Crippen molar-refractivity contribution in [3.8, 4) is 0 Å². The molecule has 0 saturated carbocycles. The number of hydrogen-bond acceptors (Lipinski definition) is 5. The highest BCUT2D eigenvalue weighted by atomic mass is 16.6. The van der Waals surface area contributed by atoms with Gasteiger partial charge in [-0.2, -0.15) is 0 Å². The number of anilines is 1. The first-order valence-corrected chi connectivity index (χ1v) is 8.93. The van der Waals surface area contributed by atoms with Crippen molar-refractivity contribution in [2.75, 3.05) is 25.1 Å². The van der Waals surface area contributed by atoms with Crippen molar-refractivity contribution in [2.24, 2.45) is 11.8 Å². The third kappa shape index (κ3) is 3.66. The van der Waals surface area contributed by atoms with Crippen molar-refractivity contribution in [1.29, 1.82) is 0 Å². The maximum Gasteiger partial charge on any atom is 0.411 e. The van der Waals surface area contributed by atoms with Crippen molar-refractivity contribution in [2.45, 2.75) is 45.7 Å². The number of fused-ring (bicyclic) bond motifs is 1. The van der Waals surface area contributed by atoms with Gasteiger partial charge in [0.15, 0.2) is 0 Å². The van der Waals surface area contributed by atoms with Crippen LogP contribution in [-0.2, 0) is 14.2 Å². The van der Waals surface area contributed by atoms with Gasteiger partial charge in [-0.15, -0.1) is 0 Å². The Balaban J connectivity index is 1.67. The predicted molar refractivity (Wildman–Crippen MR) is 95.1 cm³/mol.